The Morgan fingerprint density at radius 3 is 2.16 bits per heavy atom. The standard InChI is InChI=1S/C13H26N2O3S/c1-12(16)13-8-4-7-11-15(13)19(17,18)14-9-5-2-3-6-10-14/h12-13,16H,2-11H2,1H3/t12-,13+/m1/s1. The molecule has 2 saturated heterocycles. The van der Waals surface area contributed by atoms with E-state index in [1.54, 1.807) is 15.5 Å². The van der Waals surface area contributed by atoms with E-state index >= 15 is 0 Å². The van der Waals surface area contributed by atoms with Gasteiger partial charge in [0.25, 0.3) is 10.2 Å². The third-order valence-corrected chi connectivity index (χ3v) is 6.31. The van der Waals surface area contributed by atoms with Crippen molar-refractivity contribution in [1.82, 2.24) is 8.61 Å². The normalized spacial score (nSPS) is 29.9. The van der Waals surface area contributed by atoms with Crippen LogP contribution in [-0.2, 0) is 10.2 Å². The molecule has 0 aromatic rings. The van der Waals surface area contributed by atoms with E-state index in [-0.39, 0.29) is 6.04 Å². The average Bonchev–Trinajstić information content (AvgIpc) is 2.68. The van der Waals surface area contributed by atoms with Gasteiger partial charge in [0.2, 0.25) is 0 Å². The van der Waals surface area contributed by atoms with Crippen LogP contribution in [-0.4, -0.2) is 53.9 Å². The minimum Gasteiger partial charge on any atom is -0.392 e. The van der Waals surface area contributed by atoms with Crippen LogP contribution >= 0.6 is 0 Å². The van der Waals surface area contributed by atoms with Crippen LogP contribution in [0.2, 0.25) is 0 Å². The van der Waals surface area contributed by atoms with Gasteiger partial charge >= 0.3 is 0 Å². The summed E-state index contributed by atoms with van der Waals surface area (Å²) in [6.07, 6.45) is 6.21. The van der Waals surface area contributed by atoms with Crippen molar-refractivity contribution in [2.45, 2.75) is 64.0 Å². The number of aliphatic hydroxyl groups is 1. The molecule has 0 saturated carbocycles. The first kappa shape index (κ1) is 15.2. The molecular weight excluding hydrogens is 264 g/mol. The lowest BCUT2D eigenvalue weighted by Crippen LogP contribution is -2.54. The first-order chi connectivity index (χ1) is 9.03. The molecule has 0 aromatic heterocycles. The van der Waals surface area contributed by atoms with Crippen molar-refractivity contribution < 1.29 is 13.5 Å². The first-order valence-corrected chi connectivity index (χ1v) is 8.88. The lowest BCUT2D eigenvalue weighted by molar-refractivity contribution is 0.0792. The molecule has 2 aliphatic rings. The minimum absolute atomic E-state index is 0.248. The molecule has 112 valence electrons. The Hall–Kier alpha value is -0.170. The monoisotopic (exact) mass is 290 g/mol. The molecule has 5 nitrogen and oxygen atoms in total. The molecule has 2 rings (SSSR count). The average molecular weight is 290 g/mol. The van der Waals surface area contributed by atoms with Gasteiger partial charge in [-0.15, -0.1) is 0 Å². The zero-order valence-electron chi connectivity index (χ0n) is 11.8. The highest BCUT2D eigenvalue weighted by Crippen LogP contribution is 2.26. The highest BCUT2D eigenvalue weighted by atomic mass is 32.2. The van der Waals surface area contributed by atoms with E-state index in [1.165, 1.54) is 0 Å². The Balaban J connectivity index is 2.15. The molecule has 0 radical (unpaired) electrons. The molecule has 0 aliphatic carbocycles. The van der Waals surface area contributed by atoms with Gasteiger partial charge in [0.15, 0.2) is 0 Å². The molecule has 2 atom stereocenters. The Morgan fingerprint density at radius 2 is 1.58 bits per heavy atom. The Kier molecular flexibility index (Phi) is 5.22. The van der Waals surface area contributed by atoms with E-state index in [4.69, 9.17) is 0 Å². The minimum atomic E-state index is -3.40. The third-order valence-electron chi connectivity index (χ3n) is 4.24. The summed E-state index contributed by atoms with van der Waals surface area (Å²) in [4.78, 5) is 0. The summed E-state index contributed by atoms with van der Waals surface area (Å²) in [5.74, 6) is 0. The van der Waals surface area contributed by atoms with Gasteiger partial charge in [-0.25, -0.2) is 0 Å². The number of hydrogen-bond acceptors (Lipinski definition) is 3. The van der Waals surface area contributed by atoms with Crippen LogP contribution in [0.25, 0.3) is 0 Å². The predicted molar refractivity (Wildman–Crippen MR) is 75.0 cm³/mol. The number of aliphatic hydroxyl groups excluding tert-OH is 1. The molecule has 0 spiro atoms. The van der Waals surface area contributed by atoms with Crippen LogP contribution in [0.3, 0.4) is 0 Å². The zero-order valence-corrected chi connectivity index (χ0v) is 12.6. The van der Waals surface area contributed by atoms with Gasteiger partial charge in [-0.1, -0.05) is 19.3 Å². The second kappa shape index (κ2) is 6.52. The van der Waals surface area contributed by atoms with E-state index in [0.29, 0.717) is 19.6 Å². The summed E-state index contributed by atoms with van der Waals surface area (Å²) in [6, 6.07) is -0.248. The second-order valence-electron chi connectivity index (χ2n) is 5.74. The largest absolute Gasteiger partial charge is 0.392 e. The van der Waals surface area contributed by atoms with Gasteiger partial charge in [0.1, 0.15) is 0 Å². The fourth-order valence-electron chi connectivity index (χ4n) is 3.12. The summed E-state index contributed by atoms with van der Waals surface area (Å²) in [5.41, 5.74) is 0. The maximum atomic E-state index is 12.7. The third kappa shape index (κ3) is 3.48. The zero-order chi connectivity index (χ0) is 13.9. The van der Waals surface area contributed by atoms with Crippen molar-refractivity contribution in [3.05, 3.63) is 0 Å². The molecule has 19 heavy (non-hydrogen) atoms. The maximum Gasteiger partial charge on any atom is 0.282 e. The number of rotatable bonds is 3. The lowest BCUT2D eigenvalue weighted by atomic mass is 10.0. The first-order valence-electron chi connectivity index (χ1n) is 7.48. The van der Waals surface area contributed by atoms with Gasteiger partial charge in [-0.05, 0) is 32.6 Å². The highest BCUT2D eigenvalue weighted by molar-refractivity contribution is 7.86. The number of piperidine rings is 1. The van der Waals surface area contributed by atoms with E-state index in [9.17, 15) is 13.5 Å². The van der Waals surface area contributed by atoms with E-state index in [2.05, 4.69) is 0 Å². The van der Waals surface area contributed by atoms with Crippen LogP contribution in [0.5, 0.6) is 0 Å². The molecule has 0 bridgehead atoms. The van der Waals surface area contributed by atoms with Crippen LogP contribution in [0.4, 0.5) is 0 Å². The summed E-state index contributed by atoms with van der Waals surface area (Å²) in [6.45, 7) is 3.51. The molecule has 2 aliphatic heterocycles. The Labute approximate surface area is 116 Å². The highest BCUT2D eigenvalue weighted by Gasteiger charge is 2.38. The van der Waals surface area contributed by atoms with E-state index in [1.807, 2.05) is 0 Å². The Bertz CT molecular complexity index is 375. The number of hydrogen-bond donors (Lipinski definition) is 1. The van der Waals surface area contributed by atoms with Crippen LogP contribution in [0.1, 0.15) is 51.9 Å². The van der Waals surface area contributed by atoms with Crippen LogP contribution in [0.15, 0.2) is 0 Å². The van der Waals surface area contributed by atoms with Gasteiger partial charge in [0.05, 0.1) is 12.1 Å². The molecule has 1 N–H and O–H groups in total. The topological polar surface area (TPSA) is 60.9 Å². The fraction of sp³-hybridized carbons (Fsp3) is 1.00. The fourth-order valence-corrected chi connectivity index (χ4v) is 5.12. The summed E-state index contributed by atoms with van der Waals surface area (Å²) >= 11 is 0. The molecule has 0 amide bonds. The lowest BCUT2D eigenvalue weighted by Gasteiger charge is -2.39. The van der Waals surface area contributed by atoms with Crippen LogP contribution in [0, 0.1) is 0 Å². The molecule has 2 heterocycles. The summed E-state index contributed by atoms with van der Waals surface area (Å²) in [7, 11) is -3.40. The molecule has 0 unspecified atom stereocenters. The molecular formula is C13H26N2O3S. The maximum absolute atomic E-state index is 12.7. The van der Waals surface area contributed by atoms with E-state index < -0.39 is 16.3 Å². The SMILES string of the molecule is C[C@@H](O)[C@@H]1CCCCN1S(=O)(=O)N1CCCCCC1. The Morgan fingerprint density at radius 1 is 1.00 bits per heavy atom. The molecule has 2 fully saturated rings. The second-order valence-corrected chi connectivity index (χ2v) is 7.62. The van der Waals surface area contributed by atoms with Crippen molar-refractivity contribution in [1.29, 1.82) is 0 Å². The van der Waals surface area contributed by atoms with Crippen molar-refractivity contribution >= 4 is 10.2 Å². The van der Waals surface area contributed by atoms with Gasteiger partial charge in [-0.2, -0.15) is 17.0 Å². The van der Waals surface area contributed by atoms with E-state index in [0.717, 1.165) is 44.9 Å². The van der Waals surface area contributed by atoms with Gasteiger partial charge in [-0.3, -0.25) is 0 Å². The van der Waals surface area contributed by atoms with Crippen molar-refractivity contribution in [3.8, 4) is 0 Å². The quantitative estimate of drug-likeness (QED) is 0.853. The van der Waals surface area contributed by atoms with Crippen LogP contribution < -0.4 is 0 Å². The van der Waals surface area contributed by atoms with Crippen molar-refractivity contribution in [3.63, 3.8) is 0 Å². The van der Waals surface area contributed by atoms with Gasteiger partial charge in [0, 0.05) is 19.6 Å². The predicted octanol–water partition coefficient (Wildman–Crippen LogP) is 1.34. The molecule has 0 aromatic carbocycles. The number of nitrogens with zero attached hydrogens (tertiary/aromatic N) is 2. The van der Waals surface area contributed by atoms with Gasteiger partial charge < -0.3 is 5.11 Å². The smallest absolute Gasteiger partial charge is 0.282 e. The molecule has 6 heteroatoms. The summed E-state index contributed by atoms with van der Waals surface area (Å²) < 4.78 is 28.7. The van der Waals surface area contributed by atoms with Crippen molar-refractivity contribution in [2.24, 2.45) is 0 Å². The summed E-state index contributed by atoms with van der Waals surface area (Å²) in [5, 5.41) is 9.84. The van der Waals surface area contributed by atoms with Crippen molar-refractivity contribution in [2.75, 3.05) is 19.6 Å².